The zero-order valence-electron chi connectivity index (χ0n) is 12.3. The summed E-state index contributed by atoms with van der Waals surface area (Å²) in [7, 11) is 0. The minimum absolute atomic E-state index is 0.0151. The molecule has 21 heavy (non-hydrogen) atoms. The molecule has 0 amide bonds. The zero-order valence-corrected chi connectivity index (χ0v) is 13.1. The molecule has 0 N–H and O–H groups in total. The highest BCUT2D eigenvalue weighted by molar-refractivity contribution is 7.98. The second kappa shape index (κ2) is 5.37. The molecule has 0 saturated carbocycles. The summed E-state index contributed by atoms with van der Waals surface area (Å²) in [4.78, 5) is 17.5. The number of hydrogen-bond donors (Lipinski definition) is 0. The molecule has 0 atom stereocenters. The van der Waals surface area contributed by atoms with E-state index in [1.54, 1.807) is 4.57 Å². The highest BCUT2D eigenvalue weighted by Crippen LogP contribution is 2.22. The van der Waals surface area contributed by atoms with Crippen molar-refractivity contribution >= 4 is 22.7 Å². The van der Waals surface area contributed by atoms with Gasteiger partial charge in [0.25, 0.3) is 5.56 Å². The summed E-state index contributed by atoms with van der Waals surface area (Å²) >= 11 is 1.49. The van der Waals surface area contributed by atoms with Crippen molar-refractivity contribution in [2.24, 2.45) is 0 Å². The molecule has 3 nitrogen and oxygen atoms in total. The van der Waals surface area contributed by atoms with Crippen LogP contribution in [-0.4, -0.2) is 15.8 Å². The van der Waals surface area contributed by atoms with Gasteiger partial charge in [-0.3, -0.25) is 9.36 Å². The molecule has 106 valence electrons. The molecule has 1 heterocycles. The molecule has 0 spiro atoms. The molecule has 0 radical (unpaired) electrons. The van der Waals surface area contributed by atoms with Gasteiger partial charge in [0.2, 0.25) is 0 Å². The van der Waals surface area contributed by atoms with Crippen LogP contribution in [0.25, 0.3) is 16.6 Å². The van der Waals surface area contributed by atoms with Gasteiger partial charge in [-0.05, 0) is 49.4 Å². The van der Waals surface area contributed by atoms with Crippen molar-refractivity contribution in [2.75, 3.05) is 6.26 Å². The van der Waals surface area contributed by atoms with Gasteiger partial charge >= 0.3 is 0 Å². The van der Waals surface area contributed by atoms with Crippen molar-refractivity contribution in [1.29, 1.82) is 0 Å². The molecule has 0 unspecified atom stereocenters. The van der Waals surface area contributed by atoms with Crippen molar-refractivity contribution < 1.29 is 0 Å². The van der Waals surface area contributed by atoms with Crippen LogP contribution in [0.5, 0.6) is 0 Å². The van der Waals surface area contributed by atoms with Gasteiger partial charge in [-0.15, -0.1) is 0 Å². The van der Waals surface area contributed by atoms with E-state index in [2.05, 4.69) is 11.1 Å². The molecular weight excluding hydrogens is 280 g/mol. The predicted molar refractivity (Wildman–Crippen MR) is 88.6 cm³/mol. The quantitative estimate of drug-likeness (QED) is 0.534. The Morgan fingerprint density at radius 3 is 2.62 bits per heavy atom. The van der Waals surface area contributed by atoms with Crippen LogP contribution in [0.4, 0.5) is 0 Å². The average molecular weight is 296 g/mol. The summed E-state index contributed by atoms with van der Waals surface area (Å²) in [5.41, 5.74) is 3.83. The fraction of sp³-hybridized carbons (Fsp3) is 0.176. The van der Waals surface area contributed by atoms with Crippen LogP contribution < -0.4 is 5.56 Å². The van der Waals surface area contributed by atoms with Crippen molar-refractivity contribution in [3.05, 3.63) is 63.9 Å². The average Bonchev–Trinajstić information content (AvgIpc) is 2.50. The van der Waals surface area contributed by atoms with E-state index >= 15 is 0 Å². The summed E-state index contributed by atoms with van der Waals surface area (Å²) in [6.07, 6.45) is 1.94. The van der Waals surface area contributed by atoms with Crippen LogP contribution in [0, 0.1) is 13.8 Å². The largest absolute Gasteiger partial charge is 0.268 e. The van der Waals surface area contributed by atoms with Gasteiger partial charge in [-0.25, -0.2) is 4.98 Å². The first-order chi connectivity index (χ1) is 10.1. The monoisotopic (exact) mass is 296 g/mol. The van der Waals surface area contributed by atoms with E-state index in [9.17, 15) is 4.79 Å². The molecule has 0 saturated heterocycles. The van der Waals surface area contributed by atoms with E-state index in [0.29, 0.717) is 10.5 Å². The van der Waals surface area contributed by atoms with Crippen LogP contribution in [0.15, 0.2) is 52.4 Å². The van der Waals surface area contributed by atoms with E-state index < -0.39 is 0 Å². The minimum atomic E-state index is -0.0151. The Kier molecular flexibility index (Phi) is 3.55. The van der Waals surface area contributed by atoms with Gasteiger partial charge in [0, 0.05) is 0 Å². The first-order valence-corrected chi connectivity index (χ1v) is 7.97. The molecule has 2 aromatic carbocycles. The van der Waals surface area contributed by atoms with Gasteiger partial charge in [-0.1, -0.05) is 36.0 Å². The maximum atomic E-state index is 12.9. The summed E-state index contributed by atoms with van der Waals surface area (Å²) in [5.74, 6) is 0. The Hall–Kier alpha value is -2.07. The van der Waals surface area contributed by atoms with E-state index in [4.69, 9.17) is 0 Å². The van der Waals surface area contributed by atoms with E-state index in [0.717, 1.165) is 22.3 Å². The van der Waals surface area contributed by atoms with Gasteiger partial charge in [0.15, 0.2) is 5.16 Å². The molecule has 1 aromatic heterocycles. The summed E-state index contributed by atoms with van der Waals surface area (Å²) in [6.45, 7) is 4.04. The first kappa shape index (κ1) is 13.9. The number of benzene rings is 2. The number of aromatic nitrogens is 2. The third kappa shape index (κ3) is 2.36. The van der Waals surface area contributed by atoms with E-state index in [1.165, 1.54) is 11.8 Å². The maximum Gasteiger partial charge on any atom is 0.266 e. The first-order valence-electron chi connectivity index (χ1n) is 6.75. The third-order valence-corrected chi connectivity index (χ3v) is 4.17. The molecule has 0 aliphatic carbocycles. The smallest absolute Gasteiger partial charge is 0.266 e. The number of rotatable bonds is 2. The van der Waals surface area contributed by atoms with Crippen LogP contribution in [-0.2, 0) is 0 Å². The highest BCUT2D eigenvalue weighted by Gasteiger charge is 2.13. The lowest BCUT2D eigenvalue weighted by molar-refractivity contribution is 0.815. The standard InChI is InChI=1S/C17H16N2OS/c1-11-8-9-12(2)15(10-11)19-16(20)13-6-4-5-7-14(13)18-17(19)21-3/h4-10H,1-3H3. The molecule has 0 aliphatic heterocycles. The van der Waals surface area contributed by atoms with Crippen molar-refractivity contribution in [3.63, 3.8) is 0 Å². The van der Waals surface area contributed by atoms with Crippen LogP contribution >= 0.6 is 11.8 Å². The van der Waals surface area contributed by atoms with Gasteiger partial charge in [0.05, 0.1) is 16.6 Å². The fourth-order valence-electron chi connectivity index (χ4n) is 2.42. The number of thioether (sulfide) groups is 1. The summed E-state index contributed by atoms with van der Waals surface area (Å²) in [6, 6.07) is 13.6. The van der Waals surface area contributed by atoms with Crippen LogP contribution in [0.2, 0.25) is 0 Å². The van der Waals surface area contributed by atoms with E-state index in [1.807, 2.05) is 56.5 Å². The SMILES string of the molecule is CSc1nc2ccccc2c(=O)n1-c1cc(C)ccc1C. The van der Waals surface area contributed by atoms with Crippen LogP contribution in [0.3, 0.4) is 0 Å². The molecule has 3 rings (SSSR count). The van der Waals surface area contributed by atoms with Crippen molar-refractivity contribution in [3.8, 4) is 5.69 Å². The Labute approximate surface area is 127 Å². The lowest BCUT2D eigenvalue weighted by Crippen LogP contribution is -2.22. The van der Waals surface area contributed by atoms with Crippen LogP contribution in [0.1, 0.15) is 11.1 Å². The topological polar surface area (TPSA) is 34.9 Å². The Morgan fingerprint density at radius 1 is 1.10 bits per heavy atom. The highest BCUT2D eigenvalue weighted by atomic mass is 32.2. The molecular formula is C17H16N2OS. The Bertz CT molecular complexity index is 884. The number of aryl methyl sites for hydroxylation is 2. The lowest BCUT2D eigenvalue weighted by Gasteiger charge is -2.14. The predicted octanol–water partition coefficient (Wildman–Crippen LogP) is 3.72. The maximum absolute atomic E-state index is 12.9. The summed E-state index contributed by atoms with van der Waals surface area (Å²) < 4.78 is 1.72. The Balaban J connectivity index is 2.44. The number of para-hydroxylation sites is 1. The second-order valence-corrected chi connectivity index (χ2v) is 5.82. The van der Waals surface area contributed by atoms with Gasteiger partial charge in [0.1, 0.15) is 0 Å². The lowest BCUT2D eigenvalue weighted by atomic mass is 10.1. The number of hydrogen-bond acceptors (Lipinski definition) is 3. The van der Waals surface area contributed by atoms with Crippen molar-refractivity contribution in [1.82, 2.24) is 9.55 Å². The van der Waals surface area contributed by atoms with Gasteiger partial charge < -0.3 is 0 Å². The molecule has 0 aliphatic rings. The molecule has 3 aromatic rings. The third-order valence-electron chi connectivity index (χ3n) is 3.53. The zero-order chi connectivity index (χ0) is 15.0. The molecule has 4 heteroatoms. The molecule has 0 bridgehead atoms. The molecule has 0 fully saturated rings. The number of nitrogens with zero attached hydrogens (tertiary/aromatic N) is 2. The van der Waals surface area contributed by atoms with E-state index in [-0.39, 0.29) is 5.56 Å². The normalized spacial score (nSPS) is 11.0. The Morgan fingerprint density at radius 2 is 1.86 bits per heavy atom. The van der Waals surface area contributed by atoms with Crippen molar-refractivity contribution in [2.45, 2.75) is 19.0 Å². The minimum Gasteiger partial charge on any atom is -0.268 e. The fourth-order valence-corrected chi connectivity index (χ4v) is 2.98. The van der Waals surface area contributed by atoms with Gasteiger partial charge in [-0.2, -0.15) is 0 Å². The summed E-state index contributed by atoms with van der Waals surface area (Å²) in [5, 5.41) is 1.36. The second-order valence-electron chi connectivity index (χ2n) is 5.05. The number of fused-ring (bicyclic) bond motifs is 1.